The van der Waals surface area contributed by atoms with E-state index in [1.54, 1.807) is 29.2 Å². The molecule has 0 saturated heterocycles. The standard InChI is InChI=1S/C19H20N2O2/c1-12(2)21-16-11-15(20)8-9-17(16)23-18(19(21)22)10-14-6-4-13(3)5-7-14/h4-12H,20H2,1-3H3/b18-10+. The van der Waals surface area contributed by atoms with E-state index in [1.807, 2.05) is 45.0 Å². The van der Waals surface area contributed by atoms with Crippen LogP contribution in [0.15, 0.2) is 48.2 Å². The molecule has 1 heterocycles. The Kier molecular flexibility index (Phi) is 3.82. The van der Waals surface area contributed by atoms with Crippen molar-refractivity contribution in [2.24, 2.45) is 0 Å². The number of carbonyl (C=O) groups excluding carboxylic acids is 1. The number of carbonyl (C=O) groups is 1. The van der Waals surface area contributed by atoms with E-state index in [2.05, 4.69) is 0 Å². The number of fused-ring (bicyclic) bond motifs is 1. The van der Waals surface area contributed by atoms with Crippen LogP contribution in [0.1, 0.15) is 25.0 Å². The molecular formula is C19H20N2O2. The fourth-order valence-electron chi connectivity index (χ4n) is 2.62. The number of rotatable bonds is 2. The molecule has 0 atom stereocenters. The first kappa shape index (κ1) is 15.2. The van der Waals surface area contributed by atoms with E-state index >= 15 is 0 Å². The topological polar surface area (TPSA) is 55.6 Å². The highest BCUT2D eigenvalue weighted by molar-refractivity contribution is 6.10. The van der Waals surface area contributed by atoms with Gasteiger partial charge in [-0.2, -0.15) is 0 Å². The molecule has 1 amide bonds. The maximum Gasteiger partial charge on any atom is 0.294 e. The lowest BCUT2D eigenvalue weighted by molar-refractivity contribution is -0.117. The first-order valence-corrected chi connectivity index (χ1v) is 7.65. The SMILES string of the molecule is Cc1ccc(/C=C2/Oc3ccc(N)cc3N(C(C)C)C2=O)cc1. The Balaban J connectivity index is 2.06. The van der Waals surface area contributed by atoms with Gasteiger partial charge in [0, 0.05) is 11.7 Å². The van der Waals surface area contributed by atoms with Gasteiger partial charge in [-0.15, -0.1) is 0 Å². The van der Waals surface area contributed by atoms with Crippen molar-refractivity contribution >= 4 is 23.4 Å². The zero-order valence-corrected chi connectivity index (χ0v) is 13.5. The fourth-order valence-corrected chi connectivity index (χ4v) is 2.62. The molecule has 0 aliphatic carbocycles. The molecule has 0 radical (unpaired) electrons. The Bertz CT molecular complexity index is 776. The molecule has 1 aliphatic heterocycles. The van der Waals surface area contributed by atoms with Crippen LogP contribution in [-0.4, -0.2) is 11.9 Å². The van der Waals surface area contributed by atoms with Crippen molar-refractivity contribution in [3.63, 3.8) is 0 Å². The normalized spacial score (nSPS) is 15.7. The van der Waals surface area contributed by atoms with Crippen molar-refractivity contribution in [2.75, 3.05) is 10.6 Å². The summed E-state index contributed by atoms with van der Waals surface area (Å²) in [5.41, 5.74) is 9.28. The van der Waals surface area contributed by atoms with E-state index in [9.17, 15) is 4.79 Å². The van der Waals surface area contributed by atoms with Gasteiger partial charge >= 0.3 is 0 Å². The average molecular weight is 308 g/mol. The third-order valence-corrected chi connectivity index (χ3v) is 3.78. The number of hydrogen-bond acceptors (Lipinski definition) is 3. The molecule has 1 aliphatic rings. The summed E-state index contributed by atoms with van der Waals surface area (Å²) in [6, 6.07) is 13.3. The number of nitrogen functional groups attached to an aromatic ring is 1. The van der Waals surface area contributed by atoms with E-state index in [1.165, 1.54) is 5.56 Å². The van der Waals surface area contributed by atoms with Crippen LogP contribution in [0, 0.1) is 6.92 Å². The van der Waals surface area contributed by atoms with Crippen LogP contribution < -0.4 is 15.4 Å². The van der Waals surface area contributed by atoms with Crippen molar-refractivity contribution in [3.05, 3.63) is 59.4 Å². The van der Waals surface area contributed by atoms with Crippen LogP contribution >= 0.6 is 0 Å². The molecule has 4 heteroatoms. The summed E-state index contributed by atoms with van der Waals surface area (Å²) in [6.07, 6.45) is 1.77. The lowest BCUT2D eigenvalue weighted by atomic mass is 10.1. The van der Waals surface area contributed by atoms with Gasteiger partial charge in [0.2, 0.25) is 0 Å². The molecule has 0 saturated carbocycles. The van der Waals surface area contributed by atoms with Crippen LogP contribution in [0.4, 0.5) is 11.4 Å². The highest BCUT2D eigenvalue weighted by Gasteiger charge is 2.32. The largest absolute Gasteiger partial charge is 0.449 e. The van der Waals surface area contributed by atoms with Crippen LogP contribution in [-0.2, 0) is 4.79 Å². The minimum Gasteiger partial charge on any atom is -0.449 e. The van der Waals surface area contributed by atoms with Crippen LogP contribution in [0.5, 0.6) is 5.75 Å². The lowest BCUT2D eigenvalue weighted by Gasteiger charge is -2.33. The maximum atomic E-state index is 12.8. The van der Waals surface area contributed by atoms with Crippen molar-refractivity contribution in [2.45, 2.75) is 26.8 Å². The number of benzene rings is 2. The third-order valence-electron chi connectivity index (χ3n) is 3.78. The summed E-state index contributed by atoms with van der Waals surface area (Å²) >= 11 is 0. The van der Waals surface area contributed by atoms with Gasteiger partial charge in [-0.05, 0) is 50.6 Å². The summed E-state index contributed by atoms with van der Waals surface area (Å²) in [6.45, 7) is 5.97. The average Bonchev–Trinajstić information content (AvgIpc) is 2.50. The van der Waals surface area contributed by atoms with Crippen LogP contribution in [0.25, 0.3) is 6.08 Å². The number of anilines is 2. The van der Waals surface area contributed by atoms with Gasteiger partial charge in [-0.1, -0.05) is 29.8 Å². The smallest absolute Gasteiger partial charge is 0.294 e. The van der Waals surface area contributed by atoms with E-state index < -0.39 is 0 Å². The Labute approximate surface area is 136 Å². The molecule has 0 spiro atoms. The van der Waals surface area contributed by atoms with Gasteiger partial charge in [0.25, 0.3) is 5.91 Å². The minimum absolute atomic E-state index is 0.00775. The van der Waals surface area contributed by atoms with Crippen LogP contribution in [0.2, 0.25) is 0 Å². The van der Waals surface area contributed by atoms with E-state index in [4.69, 9.17) is 10.5 Å². The number of nitrogens with two attached hydrogens (primary N) is 1. The van der Waals surface area contributed by atoms with Gasteiger partial charge in [0.1, 0.15) is 0 Å². The predicted octanol–water partition coefficient (Wildman–Crippen LogP) is 3.75. The van der Waals surface area contributed by atoms with Gasteiger partial charge in [0.05, 0.1) is 5.69 Å². The summed E-state index contributed by atoms with van der Waals surface area (Å²) < 4.78 is 5.83. The maximum absolute atomic E-state index is 12.8. The zero-order valence-electron chi connectivity index (χ0n) is 13.5. The Hall–Kier alpha value is -2.75. The van der Waals surface area contributed by atoms with Gasteiger partial charge in [0.15, 0.2) is 11.5 Å². The Morgan fingerprint density at radius 1 is 1.13 bits per heavy atom. The summed E-state index contributed by atoms with van der Waals surface area (Å²) in [4.78, 5) is 14.5. The molecule has 2 aromatic carbocycles. The lowest BCUT2D eigenvalue weighted by Crippen LogP contribution is -2.42. The second-order valence-electron chi connectivity index (χ2n) is 6.02. The minimum atomic E-state index is -0.154. The molecule has 0 unspecified atom stereocenters. The molecule has 2 N–H and O–H groups in total. The number of ether oxygens (including phenoxy) is 1. The van der Waals surface area contributed by atoms with E-state index in [0.29, 0.717) is 22.9 Å². The molecule has 3 rings (SSSR count). The number of hydrogen-bond donors (Lipinski definition) is 1. The van der Waals surface area contributed by atoms with E-state index in [0.717, 1.165) is 5.56 Å². The second-order valence-corrected chi connectivity index (χ2v) is 6.02. The molecule has 0 fully saturated rings. The number of nitrogens with zero attached hydrogens (tertiary/aromatic N) is 1. The monoisotopic (exact) mass is 308 g/mol. The van der Waals surface area contributed by atoms with Crippen molar-refractivity contribution in [1.82, 2.24) is 0 Å². The summed E-state index contributed by atoms with van der Waals surface area (Å²) in [5, 5.41) is 0. The Morgan fingerprint density at radius 2 is 1.83 bits per heavy atom. The van der Waals surface area contributed by atoms with Gasteiger partial charge < -0.3 is 10.5 Å². The highest BCUT2D eigenvalue weighted by atomic mass is 16.5. The quantitative estimate of drug-likeness (QED) is 0.679. The van der Waals surface area contributed by atoms with Gasteiger partial charge in [-0.25, -0.2) is 0 Å². The first-order valence-electron chi connectivity index (χ1n) is 7.65. The zero-order chi connectivity index (χ0) is 16.6. The molecule has 0 aromatic heterocycles. The van der Waals surface area contributed by atoms with Crippen molar-refractivity contribution in [3.8, 4) is 5.75 Å². The molecule has 0 bridgehead atoms. The summed E-state index contributed by atoms with van der Waals surface area (Å²) in [5.74, 6) is 0.810. The molecular weight excluding hydrogens is 288 g/mol. The highest BCUT2D eigenvalue weighted by Crippen LogP contribution is 2.38. The molecule has 4 nitrogen and oxygen atoms in total. The third kappa shape index (κ3) is 2.93. The second kappa shape index (κ2) is 5.80. The van der Waals surface area contributed by atoms with E-state index in [-0.39, 0.29) is 11.9 Å². The molecule has 118 valence electrons. The predicted molar refractivity (Wildman–Crippen MR) is 93.3 cm³/mol. The van der Waals surface area contributed by atoms with Crippen LogP contribution in [0.3, 0.4) is 0 Å². The first-order chi connectivity index (χ1) is 11.0. The fraction of sp³-hybridized carbons (Fsp3) is 0.211. The number of amides is 1. The van der Waals surface area contributed by atoms with Crippen molar-refractivity contribution in [1.29, 1.82) is 0 Å². The van der Waals surface area contributed by atoms with Crippen molar-refractivity contribution < 1.29 is 9.53 Å². The molecule has 2 aromatic rings. The summed E-state index contributed by atoms with van der Waals surface area (Å²) in [7, 11) is 0. The molecule has 23 heavy (non-hydrogen) atoms. The number of aryl methyl sites for hydroxylation is 1. The Morgan fingerprint density at radius 3 is 2.48 bits per heavy atom. The van der Waals surface area contributed by atoms with Gasteiger partial charge in [-0.3, -0.25) is 9.69 Å².